The van der Waals surface area contributed by atoms with Crippen LogP contribution < -0.4 is 0 Å². The number of carbonyl (C=O) groups excluding carboxylic acids is 1. The van der Waals surface area contributed by atoms with Gasteiger partial charge in [0.25, 0.3) is 0 Å². The largest absolute Gasteiger partial charge is 0.449 e. The molecule has 3 heteroatoms. The van der Waals surface area contributed by atoms with Gasteiger partial charge in [0.15, 0.2) is 6.61 Å². The third-order valence-corrected chi connectivity index (χ3v) is 1.27. The Labute approximate surface area is 85.8 Å². The van der Waals surface area contributed by atoms with Crippen molar-refractivity contribution in [2.75, 3.05) is 6.61 Å². The molecule has 0 atom stereocenters. The summed E-state index contributed by atoms with van der Waals surface area (Å²) in [5.74, 6) is 2.24. The number of carbonyl (C=O) groups is 1. The predicted molar refractivity (Wildman–Crippen MR) is 56.7 cm³/mol. The summed E-state index contributed by atoms with van der Waals surface area (Å²) in [6.45, 7) is 2.03. The minimum atomic E-state index is -0.368. The van der Waals surface area contributed by atoms with Crippen molar-refractivity contribution in [3.8, 4) is 9.85 Å². The lowest BCUT2D eigenvalue weighted by molar-refractivity contribution is -0.136. The van der Waals surface area contributed by atoms with Crippen LogP contribution in [0.5, 0.6) is 0 Å². The average molecular weight is 276 g/mol. The van der Waals surface area contributed by atoms with Crippen LogP contribution in [0.1, 0.15) is 6.92 Å². The molecule has 0 aliphatic heterocycles. The summed E-state index contributed by atoms with van der Waals surface area (Å²) in [5.41, 5.74) is 0. The van der Waals surface area contributed by atoms with Crippen LogP contribution in [-0.4, -0.2) is 12.6 Å². The first-order valence-electron chi connectivity index (χ1n) is 3.36. The van der Waals surface area contributed by atoms with Gasteiger partial charge in [-0.2, -0.15) is 0 Å². The Balaban J connectivity index is 3.64. The summed E-state index contributed by atoms with van der Waals surface area (Å²) in [4.78, 5) is 10.8. The van der Waals surface area contributed by atoms with Gasteiger partial charge in [0.1, 0.15) is 0 Å². The second-order valence-electron chi connectivity index (χ2n) is 1.76. The molecule has 0 bridgehead atoms. The lowest BCUT2D eigenvalue weighted by atomic mass is 10.4. The van der Waals surface area contributed by atoms with Crippen LogP contribution in [-0.2, 0) is 9.53 Å². The highest BCUT2D eigenvalue weighted by atomic mass is 127. The molecule has 64 valence electrons. The van der Waals surface area contributed by atoms with Gasteiger partial charge >= 0.3 is 5.97 Å². The zero-order chi connectivity index (χ0) is 9.23. The zero-order valence-corrected chi connectivity index (χ0v) is 8.87. The molecule has 2 nitrogen and oxygen atoms in total. The Morgan fingerprint density at radius 2 is 2.33 bits per heavy atom. The first kappa shape index (κ1) is 11.2. The summed E-state index contributed by atoms with van der Waals surface area (Å²) in [6.07, 6.45) is 6.56. The van der Waals surface area contributed by atoms with Gasteiger partial charge < -0.3 is 4.74 Å². The molecular formula is C9H9IO2. The van der Waals surface area contributed by atoms with Crippen molar-refractivity contribution in [2.45, 2.75) is 6.92 Å². The first-order chi connectivity index (χ1) is 5.81. The average Bonchev–Trinajstić information content (AvgIpc) is 2.06. The summed E-state index contributed by atoms with van der Waals surface area (Å²) < 4.78 is 7.29. The van der Waals surface area contributed by atoms with Crippen LogP contribution in [0.4, 0.5) is 0 Å². The highest BCUT2D eigenvalue weighted by molar-refractivity contribution is 14.1. The number of esters is 1. The van der Waals surface area contributed by atoms with Gasteiger partial charge in [-0.25, -0.2) is 4.79 Å². The third kappa shape index (κ3) is 7.35. The Kier molecular flexibility index (Phi) is 7.81. The lowest BCUT2D eigenvalue weighted by Gasteiger charge is -1.91. The molecule has 12 heavy (non-hydrogen) atoms. The fraction of sp³-hybridized carbons (Fsp3) is 0.222. The lowest BCUT2D eigenvalue weighted by Crippen LogP contribution is -1.99. The summed E-state index contributed by atoms with van der Waals surface area (Å²) >= 11 is 1.89. The number of hydrogen-bond acceptors (Lipinski definition) is 2. The zero-order valence-electron chi connectivity index (χ0n) is 6.71. The van der Waals surface area contributed by atoms with Crippen molar-refractivity contribution in [1.29, 1.82) is 0 Å². The van der Waals surface area contributed by atoms with Crippen molar-refractivity contribution in [3.63, 3.8) is 0 Å². The monoisotopic (exact) mass is 276 g/mol. The number of hydrogen-bond donors (Lipinski definition) is 0. The minimum absolute atomic E-state index is 0.155. The van der Waals surface area contributed by atoms with Crippen LogP contribution in [0.25, 0.3) is 0 Å². The molecule has 0 N–H and O–H groups in total. The third-order valence-electron chi connectivity index (χ3n) is 0.889. The van der Waals surface area contributed by atoms with Gasteiger partial charge in [-0.3, -0.25) is 0 Å². The topological polar surface area (TPSA) is 26.3 Å². The van der Waals surface area contributed by atoms with Gasteiger partial charge in [0.2, 0.25) is 0 Å². The maximum atomic E-state index is 10.8. The van der Waals surface area contributed by atoms with Gasteiger partial charge in [-0.05, 0) is 10.9 Å². The van der Waals surface area contributed by atoms with Gasteiger partial charge in [-0.15, -0.1) is 0 Å². The Morgan fingerprint density at radius 3 is 2.92 bits per heavy atom. The number of rotatable bonds is 3. The van der Waals surface area contributed by atoms with E-state index in [1.807, 2.05) is 35.6 Å². The van der Waals surface area contributed by atoms with Gasteiger partial charge in [0.05, 0.1) is 0 Å². The van der Waals surface area contributed by atoms with Crippen molar-refractivity contribution < 1.29 is 9.53 Å². The quantitative estimate of drug-likeness (QED) is 0.259. The standard InChI is InChI=1S/C9H9IO2/c1-2-3-4-6-9(11)12-8-5-7-10/h2-4,6H,8H2,1H3. The number of ether oxygens (including phenoxy) is 1. The Morgan fingerprint density at radius 1 is 1.58 bits per heavy atom. The molecule has 0 aliphatic carbocycles. The van der Waals surface area contributed by atoms with Crippen LogP contribution in [0.2, 0.25) is 0 Å². The van der Waals surface area contributed by atoms with Crippen LogP contribution >= 0.6 is 22.6 Å². The second-order valence-corrected chi connectivity index (χ2v) is 2.30. The smallest absolute Gasteiger partial charge is 0.331 e. The van der Waals surface area contributed by atoms with Crippen molar-refractivity contribution in [3.05, 3.63) is 24.3 Å². The van der Waals surface area contributed by atoms with Crippen LogP contribution in [0.3, 0.4) is 0 Å². The van der Waals surface area contributed by atoms with Crippen molar-refractivity contribution in [2.24, 2.45) is 0 Å². The van der Waals surface area contributed by atoms with E-state index in [9.17, 15) is 4.79 Å². The molecule has 0 aliphatic rings. The van der Waals surface area contributed by atoms with Gasteiger partial charge in [0, 0.05) is 28.7 Å². The van der Waals surface area contributed by atoms with Crippen LogP contribution in [0, 0.1) is 9.85 Å². The second kappa shape index (κ2) is 8.34. The fourth-order valence-electron chi connectivity index (χ4n) is 0.428. The van der Waals surface area contributed by atoms with E-state index in [2.05, 4.69) is 9.85 Å². The molecule has 0 saturated heterocycles. The highest BCUT2D eigenvalue weighted by Crippen LogP contribution is 1.83. The van der Waals surface area contributed by atoms with E-state index in [0.717, 1.165) is 0 Å². The molecule has 0 rings (SSSR count). The minimum Gasteiger partial charge on any atom is -0.449 e. The van der Waals surface area contributed by atoms with E-state index in [1.165, 1.54) is 6.08 Å². The molecule has 0 aromatic rings. The first-order valence-corrected chi connectivity index (χ1v) is 4.43. The molecule has 0 heterocycles. The molecule has 0 unspecified atom stereocenters. The molecular weight excluding hydrogens is 267 g/mol. The van der Waals surface area contributed by atoms with E-state index in [4.69, 9.17) is 4.74 Å². The summed E-state index contributed by atoms with van der Waals surface area (Å²) in [7, 11) is 0. The van der Waals surface area contributed by atoms with E-state index in [-0.39, 0.29) is 12.6 Å². The molecule has 0 amide bonds. The molecule has 0 radical (unpaired) electrons. The fourth-order valence-corrected chi connectivity index (χ4v) is 0.584. The van der Waals surface area contributed by atoms with E-state index in [1.54, 1.807) is 12.2 Å². The van der Waals surface area contributed by atoms with Crippen molar-refractivity contribution in [1.82, 2.24) is 0 Å². The van der Waals surface area contributed by atoms with Gasteiger partial charge in [-0.1, -0.05) is 24.1 Å². The normalized spacial score (nSPS) is 9.83. The Hall–Kier alpha value is -0.760. The Bertz CT molecular complexity index is 243. The molecule has 0 spiro atoms. The maximum absolute atomic E-state index is 10.8. The molecule has 0 fully saturated rings. The maximum Gasteiger partial charge on any atom is 0.331 e. The number of halogens is 1. The molecule has 0 saturated carbocycles. The van der Waals surface area contributed by atoms with E-state index >= 15 is 0 Å². The highest BCUT2D eigenvalue weighted by Gasteiger charge is 1.90. The van der Waals surface area contributed by atoms with E-state index < -0.39 is 0 Å². The molecule has 0 aromatic carbocycles. The van der Waals surface area contributed by atoms with Crippen molar-refractivity contribution >= 4 is 28.6 Å². The SMILES string of the molecule is CC=CC=CC(=O)OCC#CI. The summed E-state index contributed by atoms with van der Waals surface area (Å²) in [6, 6.07) is 0. The predicted octanol–water partition coefficient (Wildman–Crippen LogP) is 2.06. The van der Waals surface area contributed by atoms with Crippen LogP contribution in [0.15, 0.2) is 24.3 Å². The van der Waals surface area contributed by atoms with E-state index in [0.29, 0.717) is 0 Å². The number of allylic oxidation sites excluding steroid dienone is 3. The summed E-state index contributed by atoms with van der Waals surface area (Å²) in [5, 5.41) is 0. The molecule has 0 aromatic heterocycles.